The maximum Gasteiger partial charge on any atom is 0.186 e. The lowest BCUT2D eigenvalue weighted by Gasteiger charge is -2.08. The van der Waals surface area contributed by atoms with Gasteiger partial charge in [-0.2, -0.15) is 0 Å². The van der Waals surface area contributed by atoms with Gasteiger partial charge in [-0.3, -0.25) is 4.79 Å². The van der Waals surface area contributed by atoms with Crippen LogP contribution in [0.25, 0.3) is 21.9 Å². The molecule has 134 valence electrons. The Morgan fingerprint density at radius 1 is 0.692 bits per heavy atom. The van der Waals surface area contributed by atoms with E-state index < -0.39 is 0 Å². The monoisotopic (exact) mass is 344 g/mol. The summed E-state index contributed by atoms with van der Waals surface area (Å²) in [7, 11) is 0. The molecule has 0 unspecified atom stereocenters. The Kier molecular flexibility index (Phi) is 4.80. The molecule has 2 aromatic carbocycles. The molecule has 26 heavy (non-hydrogen) atoms. The summed E-state index contributed by atoms with van der Waals surface area (Å²) in [6.07, 6.45) is 8.85. The molecule has 4 rings (SSSR count). The normalized spacial score (nSPS) is 15.5. The molecule has 0 bridgehead atoms. The van der Waals surface area contributed by atoms with Gasteiger partial charge in [0.05, 0.1) is 0 Å². The summed E-state index contributed by atoms with van der Waals surface area (Å²) < 4.78 is 0. The van der Waals surface area contributed by atoms with Gasteiger partial charge in [0.25, 0.3) is 0 Å². The first-order valence-electron chi connectivity index (χ1n) is 10.3. The Hall–Kier alpha value is -2.15. The molecule has 0 heterocycles. The first-order chi connectivity index (χ1) is 12.8. The molecular formula is C25H28O. The molecule has 0 atom stereocenters. The summed E-state index contributed by atoms with van der Waals surface area (Å²) in [5, 5.41) is 2.65. The fourth-order valence-corrected chi connectivity index (χ4v) is 4.64. The minimum absolute atomic E-state index is 0.341. The van der Waals surface area contributed by atoms with Gasteiger partial charge >= 0.3 is 0 Å². The number of ketones is 1. The summed E-state index contributed by atoms with van der Waals surface area (Å²) >= 11 is 0. The predicted molar refractivity (Wildman–Crippen MR) is 111 cm³/mol. The van der Waals surface area contributed by atoms with Crippen molar-refractivity contribution in [3.63, 3.8) is 0 Å². The van der Waals surface area contributed by atoms with Crippen LogP contribution in [0.1, 0.15) is 76.3 Å². The Labute approximate surface area is 156 Å². The van der Waals surface area contributed by atoms with Gasteiger partial charge in [0, 0.05) is 11.1 Å². The first-order valence-corrected chi connectivity index (χ1v) is 10.3. The second-order valence-corrected chi connectivity index (χ2v) is 7.66. The molecule has 2 aromatic rings. The molecule has 0 aromatic heterocycles. The van der Waals surface area contributed by atoms with Crippen molar-refractivity contribution in [3.05, 3.63) is 58.7 Å². The fraction of sp³-hybridized carbons (Fsp3) is 0.400. The lowest BCUT2D eigenvalue weighted by molar-refractivity contribution is -0.112. The zero-order valence-electron chi connectivity index (χ0n) is 16.0. The third-order valence-corrected chi connectivity index (χ3v) is 5.91. The summed E-state index contributed by atoms with van der Waals surface area (Å²) in [6, 6.07) is 13.1. The number of hydrogen-bond acceptors (Lipinski definition) is 1. The van der Waals surface area contributed by atoms with E-state index in [0.717, 1.165) is 36.8 Å². The number of Topliss-reactive ketones (excluding diaryl/α,β-unsaturated/α-hetero) is 1. The minimum Gasteiger partial charge on any atom is -0.289 e. The topological polar surface area (TPSA) is 17.1 Å². The van der Waals surface area contributed by atoms with E-state index in [-0.39, 0.29) is 0 Å². The Balaban J connectivity index is 1.85. The van der Waals surface area contributed by atoms with E-state index in [4.69, 9.17) is 0 Å². The number of allylic oxidation sites excluding steroid dienone is 4. The highest BCUT2D eigenvalue weighted by Crippen LogP contribution is 2.53. The van der Waals surface area contributed by atoms with E-state index in [1.54, 1.807) is 0 Å². The Morgan fingerprint density at radius 3 is 1.65 bits per heavy atom. The van der Waals surface area contributed by atoms with Gasteiger partial charge in [0.2, 0.25) is 0 Å². The number of fused-ring (bicyclic) bond motifs is 3. The highest BCUT2D eigenvalue weighted by molar-refractivity contribution is 6.38. The van der Waals surface area contributed by atoms with Crippen molar-refractivity contribution in [2.24, 2.45) is 0 Å². The van der Waals surface area contributed by atoms with Crippen LogP contribution in [0.2, 0.25) is 0 Å². The number of carbonyl (C=O) groups excluding carboxylic acids is 1. The van der Waals surface area contributed by atoms with Gasteiger partial charge in [-0.25, -0.2) is 0 Å². The van der Waals surface area contributed by atoms with Crippen molar-refractivity contribution < 1.29 is 4.79 Å². The highest BCUT2D eigenvalue weighted by Gasteiger charge is 2.37. The molecule has 0 spiro atoms. The van der Waals surface area contributed by atoms with Crippen LogP contribution in [0, 0.1) is 0 Å². The van der Waals surface area contributed by atoms with Gasteiger partial charge in [-0.15, -0.1) is 0 Å². The highest BCUT2D eigenvalue weighted by atomic mass is 16.1. The van der Waals surface area contributed by atoms with Crippen LogP contribution >= 0.6 is 0 Å². The van der Waals surface area contributed by atoms with Gasteiger partial charge < -0.3 is 0 Å². The first kappa shape index (κ1) is 17.3. The van der Waals surface area contributed by atoms with Crippen LogP contribution in [-0.4, -0.2) is 5.78 Å². The van der Waals surface area contributed by atoms with Crippen LogP contribution < -0.4 is 0 Å². The average molecular weight is 344 g/mol. The van der Waals surface area contributed by atoms with Gasteiger partial charge in [0.1, 0.15) is 0 Å². The van der Waals surface area contributed by atoms with Gasteiger partial charge in [-0.1, -0.05) is 75.9 Å². The van der Waals surface area contributed by atoms with Crippen LogP contribution in [-0.2, 0) is 4.79 Å². The predicted octanol–water partition coefficient (Wildman–Crippen LogP) is 7.10. The Bertz CT molecular complexity index is 856. The smallest absolute Gasteiger partial charge is 0.186 e. The molecule has 0 aliphatic heterocycles. The Morgan fingerprint density at radius 2 is 1.19 bits per heavy atom. The van der Waals surface area contributed by atoms with Crippen molar-refractivity contribution in [3.8, 4) is 0 Å². The number of carbonyl (C=O) groups is 1. The molecule has 0 saturated carbocycles. The number of benzene rings is 2. The van der Waals surface area contributed by atoms with E-state index >= 15 is 0 Å². The van der Waals surface area contributed by atoms with E-state index in [1.165, 1.54) is 58.7 Å². The molecule has 1 heteroatoms. The average Bonchev–Trinajstić information content (AvgIpc) is 3.12. The molecule has 2 aliphatic rings. The largest absolute Gasteiger partial charge is 0.289 e. The van der Waals surface area contributed by atoms with Gasteiger partial charge in [0.15, 0.2) is 5.78 Å². The molecule has 2 aliphatic carbocycles. The van der Waals surface area contributed by atoms with E-state index in [0.29, 0.717) is 5.78 Å². The molecular weight excluding hydrogens is 316 g/mol. The molecule has 1 nitrogen and oxygen atoms in total. The van der Waals surface area contributed by atoms with Crippen LogP contribution in [0.5, 0.6) is 0 Å². The summed E-state index contributed by atoms with van der Waals surface area (Å²) in [5.41, 5.74) is 7.29. The second-order valence-electron chi connectivity index (χ2n) is 7.66. The second kappa shape index (κ2) is 7.23. The minimum atomic E-state index is 0.341. The zero-order chi connectivity index (χ0) is 18.1. The maximum atomic E-state index is 13.3. The SMILES string of the molecule is CCCCCC1=C2C(=C(CCCCC)C1=O)c1cccc3cccc2c13. The van der Waals surface area contributed by atoms with Crippen LogP contribution in [0.4, 0.5) is 0 Å². The van der Waals surface area contributed by atoms with E-state index in [2.05, 4.69) is 50.2 Å². The van der Waals surface area contributed by atoms with Crippen molar-refractivity contribution >= 4 is 27.7 Å². The molecule has 0 radical (unpaired) electrons. The van der Waals surface area contributed by atoms with Gasteiger partial charge in [-0.05, 0) is 58.7 Å². The third kappa shape index (κ3) is 2.65. The zero-order valence-corrected chi connectivity index (χ0v) is 16.0. The molecule has 0 amide bonds. The van der Waals surface area contributed by atoms with Crippen LogP contribution in [0.15, 0.2) is 47.5 Å². The fourth-order valence-electron chi connectivity index (χ4n) is 4.64. The van der Waals surface area contributed by atoms with E-state index in [1.807, 2.05) is 0 Å². The standard InChI is InChI=1S/C25H28O/c1-3-5-7-13-20-23-18-15-9-11-17-12-10-16-19(22(17)18)24(23)21(25(20)26)14-8-6-4-2/h9-12,15-16H,3-8,13-14H2,1-2H3. The number of unbranched alkanes of at least 4 members (excludes halogenated alkanes) is 4. The molecule has 0 N–H and O–H groups in total. The number of hydrogen-bond donors (Lipinski definition) is 0. The summed E-state index contributed by atoms with van der Waals surface area (Å²) in [6.45, 7) is 4.45. The third-order valence-electron chi connectivity index (χ3n) is 5.91. The van der Waals surface area contributed by atoms with Crippen LogP contribution in [0.3, 0.4) is 0 Å². The lowest BCUT2D eigenvalue weighted by Crippen LogP contribution is -2.04. The summed E-state index contributed by atoms with van der Waals surface area (Å²) in [5.74, 6) is 0.341. The van der Waals surface area contributed by atoms with E-state index in [9.17, 15) is 4.79 Å². The molecule has 0 saturated heterocycles. The van der Waals surface area contributed by atoms with Crippen molar-refractivity contribution in [2.75, 3.05) is 0 Å². The maximum absolute atomic E-state index is 13.3. The van der Waals surface area contributed by atoms with Crippen molar-refractivity contribution in [1.82, 2.24) is 0 Å². The molecule has 0 fully saturated rings. The van der Waals surface area contributed by atoms with Crippen molar-refractivity contribution in [1.29, 1.82) is 0 Å². The van der Waals surface area contributed by atoms with Crippen molar-refractivity contribution in [2.45, 2.75) is 65.2 Å². The summed E-state index contributed by atoms with van der Waals surface area (Å²) in [4.78, 5) is 13.3. The quantitative estimate of drug-likeness (QED) is 0.467. The number of rotatable bonds is 8. The lowest BCUT2D eigenvalue weighted by atomic mass is 9.95.